The highest BCUT2D eigenvalue weighted by atomic mass is 35.5. The Morgan fingerprint density at radius 1 is 1.04 bits per heavy atom. The van der Waals surface area contributed by atoms with Crippen LogP contribution in [0.25, 0.3) is 22.2 Å². The molecule has 3 nitrogen and oxygen atoms in total. The molecule has 0 fully saturated rings. The fourth-order valence-corrected chi connectivity index (χ4v) is 3.12. The van der Waals surface area contributed by atoms with Gasteiger partial charge in [0.15, 0.2) is 0 Å². The number of nitrogens with zero attached hydrogens (tertiary/aromatic N) is 1. The van der Waals surface area contributed by atoms with Crippen LogP contribution in [-0.4, -0.2) is 16.1 Å². The molecule has 0 saturated heterocycles. The molecule has 0 atom stereocenters. The van der Waals surface area contributed by atoms with Gasteiger partial charge in [-0.05, 0) is 48.9 Å². The number of fused-ring (bicyclic) bond motifs is 1. The Morgan fingerprint density at radius 3 is 2.48 bits per heavy atom. The van der Waals surface area contributed by atoms with E-state index in [1.165, 1.54) is 6.07 Å². The van der Waals surface area contributed by atoms with Crippen LogP contribution in [-0.2, 0) is 0 Å². The first-order valence-electron chi connectivity index (χ1n) is 6.66. The summed E-state index contributed by atoms with van der Waals surface area (Å²) in [5, 5.41) is 11.4. The molecule has 23 heavy (non-hydrogen) atoms. The summed E-state index contributed by atoms with van der Waals surface area (Å²) in [5.74, 6) is -1.06. The molecule has 2 aromatic carbocycles. The van der Waals surface area contributed by atoms with Gasteiger partial charge in [-0.1, -0.05) is 34.8 Å². The van der Waals surface area contributed by atoms with Crippen molar-refractivity contribution in [3.63, 3.8) is 0 Å². The van der Waals surface area contributed by atoms with Gasteiger partial charge in [0.05, 0.1) is 21.8 Å². The zero-order valence-corrected chi connectivity index (χ0v) is 14.2. The first-order valence-corrected chi connectivity index (χ1v) is 7.80. The fourth-order valence-electron chi connectivity index (χ4n) is 2.47. The van der Waals surface area contributed by atoms with E-state index in [9.17, 15) is 9.90 Å². The van der Waals surface area contributed by atoms with Crippen LogP contribution < -0.4 is 0 Å². The molecule has 0 aliphatic heterocycles. The number of benzene rings is 2. The van der Waals surface area contributed by atoms with Gasteiger partial charge in [0.25, 0.3) is 0 Å². The summed E-state index contributed by atoms with van der Waals surface area (Å²) in [5.41, 5.74) is 2.51. The number of rotatable bonds is 2. The Morgan fingerprint density at radius 2 is 1.78 bits per heavy atom. The maximum atomic E-state index is 11.6. The summed E-state index contributed by atoms with van der Waals surface area (Å²) in [4.78, 5) is 16.2. The van der Waals surface area contributed by atoms with Gasteiger partial charge >= 0.3 is 5.97 Å². The number of aromatic carboxylic acids is 1. The van der Waals surface area contributed by atoms with Gasteiger partial charge in [-0.25, -0.2) is 9.78 Å². The van der Waals surface area contributed by atoms with Gasteiger partial charge in [0.2, 0.25) is 0 Å². The molecule has 0 saturated carbocycles. The highest BCUT2D eigenvalue weighted by Crippen LogP contribution is 2.33. The van der Waals surface area contributed by atoms with E-state index >= 15 is 0 Å². The SMILES string of the molecule is Cc1cc(Cl)cc2c(C(=O)O)cc(-c3cc(Cl)ccc3Cl)nc12. The average Bonchev–Trinajstić information content (AvgIpc) is 2.48. The summed E-state index contributed by atoms with van der Waals surface area (Å²) in [7, 11) is 0. The molecular weight excluding hydrogens is 357 g/mol. The lowest BCUT2D eigenvalue weighted by Gasteiger charge is -2.11. The second-order valence-corrected chi connectivity index (χ2v) is 6.38. The van der Waals surface area contributed by atoms with Crippen LogP contribution in [0.4, 0.5) is 0 Å². The number of pyridine rings is 1. The maximum absolute atomic E-state index is 11.6. The number of carbonyl (C=O) groups is 1. The van der Waals surface area contributed by atoms with Gasteiger partial charge in [-0.3, -0.25) is 0 Å². The molecule has 0 aliphatic rings. The highest BCUT2D eigenvalue weighted by Gasteiger charge is 2.16. The molecule has 0 amide bonds. The van der Waals surface area contributed by atoms with E-state index in [4.69, 9.17) is 34.8 Å². The third-order valence-electron chi connectivity index (χ3n) is 3.50. The molecule has 0 bridgehead atoms. The number of halogens is 3. The maximum Gasteiger partial charge on any atom is 0.336 e. The van der Waals surface area contributed by atoms with E-state index in [1.54, 1.807) is 30.3 Å². The molecule has 3 aromatic rings. The standard InChI is InChI=1S/C17H10Cl3NO2/c1-8-4-10(19)6-11-12(17(22)23)7-15(21-16(8)11)13-5-9(18)2-3-14(13)20/h2-7H,1H3,(H,22,23). The number of carboxylic acid groups (broad SMARTS) is 1. The minimum Gasteiger partial charge on any atom is -0.478 e. The van der Waals surface area contributed by atoms with Crippen molar-refractivity contribution in [1.82, 2.24) is 4.98 Å². The van der Waals surface area contributed by atoms with Crippen LogP contribution in [0.5, 0.6) is 0 Å². The monoisotopic (exact) mass is 365 g/mol. The van der Waals surface area contributed by atoms with E-state index < -0.39 is 5.97 Å². The predicted octanol–water partition coefficient (Wildman–Crippen LogP) is 5.87. The smallest absolute Gasteiger partial charge is 0.336 e. The van der Waals surface area contributed by atoms with Gasteiger partial charge < -0.3 is 5.11 Å². The third kappa shape index (κ3) is 3.00. The van der Waals surface area contributed by atoms with Crippen LogP contribution >= 0.6 is 34.8 Å². The first kappa shape index (κ1) is 16.1. The molecule has 0 unspecified atom stereocenters. The summed E-state index contributed by atoms with van der Waals surface area (Å²) in [6.45, 7) is 1.83. The van der Waals surface area contributed by atoms with Crippen molar-refractivity contribution in [1.29, 1.82) is 0 Å². The van der Waals surface area contributed by atoms with Gasteiger partial charge in [0, 0.05) is 21.0 Å². The summed E-state index contributed by atoms with van der Waals surface area (Å²) >= 11 is 18.3. The van der Waals surface area contributed by atoms with Crippen LogP contribution in [0.2, 0.25) is 15.1 Å². The molecule has 0 spiro atoms. The lowest BCUT2D eigenvalue weighted by Crippen LogP contribution is -2.01. The minimum atomic E-state index is -1.06. The molecular formula is C17H10Cl3NO2. The Hall–Kier alpha value is -1.81. The minimum absolute atomic E-state index is 0.117. The van der Waals surface area contributed by atoms with Crippen LogP contribution in [0.15, 0.2) is 36.4 Å². The van der Waals surface area contributed by atoms with Gasteiger partial charge in [-0.2, -0.15) is 0 Å². The summed E-state index contributed by atoms with van der Waals surface area (Å²) < 4.78 is 0. The molecule has 3 rings (SSSR count). The van der Waals surface area contributed by atoms with Crippen molar-refractivity contribution in [2.75, 3.05) is 0 Å². The second kappa shape index (κ2) is 6.00. The zero-order valence-electron chi connectivity index (χ0n) is 11.9. The predicted molar refractivity (Wildman–Crippen MR) is 93.9 cm³/mol. The van der Waals surface area contributed by atoms with Crippen molar-refractivity contribution in [2.24, 2.45) is 0 Å². The van der Waals surface area contributed by atoms with E-state index in [-0.39, 0.29) is 5.56 Å². The Bertz CT molecular complexity index is 954. The topological polar surface area (TPSA) is 50.2 Å². The number of aromatic nitrogens is 1. The van der Waals surface area contributed by atoms with Crippen molar-refractivity contribution in [2.45, 2.75) is 6.92 Å². The van der Waals surface area contributed by atoms with Gasteiger partial charge in [0.1, 0.15) is 0 Å². The van der Waals surface area contributed by atoms with Crippen LogP contribution in [0.3, 0.4) is 0 Å². The van der Waals surface area contributed by atoms with Crippen LogP contribution in [0.1, 0.15) is 15.9 Å². The Kier molecular flexibility index (Phi) is 4.19. The quantitative estimate of drug-likeness (QED) is 0.617. The number of hydrogen-bond donors (Lipinski definition) is 1. The van der Waals surface area contributed by atoms with Crippen molar-refractivity contribution in [3.8, 4) is 11.3 Å². The molecule has 1 aromatic heterocycles. The molecule has 116 valence electrons. The van der Waals surface area contributed by atoms with Gasteiger partial charge in [-0.15, -0.1) is 0 Å². The molecule has 1 heterocycles. The Labute approximate surface area is 147 Å². The first-order chi connectivity index (χ1) is 10.9. The van der Waals surface area contributed by atoms with E-state index in [2.05, 4.69) is 4.98 Å². The summed E-state index contributed by atoms with van der Waals surface area (Å²) in [6.07, 6.45) is 0. The third-order valence-corrected chi connectivity index (χ3v) is 4.29. The van der Waals surface area contributed by atoms with Crippen molar-refractivity contribution >= 4 is 51.7 Å². The lowest BCUT2D eigenvalue weighted by atomic mass is 10.0. The number of aryl methyl sites for hydroxylation is 1. The number of carboxylic acids is 1. The zero-order chi connectivity index (χ0) is 16.7. The number of hydrogen-bond acceptors (Lipinski definition) is 2. The Balaban J connectivity index is 2.40. The lowest BCUT2D eigenvalue weighted by molar-refractivity contribution is 0.0699. The second-order valence-electron chi connectivity index (χ2n) is 5.10. The molecule has 0 aliphatic carbocycles. The van der Waals surface area contributed by atoms with Crippen molar-refractivity contribution in [3.05, 3.63) is 62.6 Å². The largest absolute Gasteiger partial charge is 0.478 e. The molecule has 0 radical (unpaired) electrons. The molecule has 6 heteroatoms. The van der Waals surface area contributed by atoms with Crippen LogP contribution in [0, 0.1) is 6.92 Å². The van der Waals surface area contributed by atoms with E-state index in [1.807, 2.05) is 6.92 Å². The fraction of sp³-hybridized carbons (Fsp3) is 0.0588. The molecule has 1 N–H and O–H groups in total. The average molecular weight is 367 g/mol. The van der Waals surface area contributed by atoms with E-state index in [0.717, 1.165) is 5.56 Å². The van der Waals surface area contributed by atoms with Crippen molar-refractivity contribution < 1.29 is 9.90 Å². The van der Waals surface area contributed by atoms with E-state index in [0.29, 0.717) is 37.2 Å². The highest BCUT2D eigenvalue weighted by molar-refractivity contribution is 6.35. The summed E-state index contributed by atoms with van der Waals surface area (Å²) in [6, 6.07) is 9.81. The normalized spacial score (nSPS) is 11.0.